The van der Waals surface area contributed by atoms with Crippen LogP contribution in [0.25, 0.3) is 16.7 Å². The Bertz CT molecular complexity index is 1020. The monoisotopic (exact) mass is 559 g/mol. The summed E-state index contributed by atoms with van der Waals surface area (Å²) >= 11 is 0. The number of fused-ring (bicyclic) bond motifs is 1. The number of rotatable bonds is 3. The number of aryl methyl sites for hydroxylation is 3. The van der Waals surface area contributed by atoms with Gasteiger partial charge in [-0.2, -0.15) is 0 Å². The fraction of sp³-hybridized carbons (Fsp3) is 0.415. The Labute approximate surface area is 258 Å². The molecular formula is C41H66. The summed E-state index contributed by atoms with van der Waals surface area (Å²) < 4.78 is 0. The molecule has 0 heterocycles. The average molecular weight is 559 g/mol. The zero-order valence-corrected chi connectivity index (χ0v) is 29.5. The van der Waals surface area contributed by atoms with Crippen LogP contribution in [-0.2, 0) is 12.8 Å². The van der Waals surface area contributed by atoms with E-state index in [0.717, 1.165) is 11.5 Å². The minimum Gasteiger partial charge on any atom is -0.106 e. The quantitative estimate of drug-likeness (QED) is 0.280. The van der Waals surface area contributed by atoms with E-state index in [0.29, 0.717) is 0 Å². The van der Waals surface area contributed by atoms with Gasteiger partial charge in [0.05, 0.1) is 0 Å². The lowest BCUT2D eigenvalue weighted by atomic mass is 9.92. The minimum absolute atomic E-state index is 0.918. The molecule has 0 bridgehead atoms. The molecule has 0 fully saturated rings. The second kappa shape index (κ2) is 29.9. The molecule has 230 valence electrons. The Hall–Kier alpha value is -3.12. The van der Waals surface area contributed by atoms with E-state index in [9.17, 15) is 0 Å². The maximum Gasteiger partial charge on any atom is -0.00797 e. The van der Waals surface area contributed by atoms with Crippen LogP contribution in [0.2, 0.25) is 0 Å². The summed E-state index contributed by atoms with van der Waals surface area (Å²) in [4.78, 5) is 0. The molecule has 41 heavy (non-hydrogen) atoms. The number of hydrogen-bond donors (Lipinski definition) is 0. The molecule has 0 saturated carbocycles. The molecule has 3 aromatic carbocycles. The highest BCUT2D eigenvalue weighted by atomic mass is 14.2. The van der Waals surface area contributed by atoms with Crippen LogP contribution in [0.5, 0.6) is 0 Å². The van der Waals surface area contributed by atoms with Crippen LogP contribution in [0, 0.1) is 26.7 Å². The van der Waals surface area contributed by atoms with Crippen molar-refractivity contribution >= 4 is 5.57 Å². The first-order valence-electron chi connectivity index (χ1n) is 15.8. The molecule has 0 spiro atoms. The fourth-order valence-corrected chi connectivity index (χ4v) is 4.25. The summed E-state index contributed by atoms with van der Waals surface area (Å²) in [7, 11) is 0. The van der Waals surface area contributed by atoms with Crippen molar-refractivity contribution in [2.45, 2.75) is 109 Å². The Morgan fingerprint density at radius 1 is 0.659 bits per heavy atom. The average Bonchev–Trinajstić information content (AvgIpc) is 3.46. The van der Waals surface area contributed by atoms with Crippen LogP contribution in [0.3, 0.4) is 0 Å². The molecule has 0 saturated heterocycles. The molecule has 0 amide bonds. The van der Waals surface area contributed by atoms with Gasteiger partial charge in [0.1, 0.15) is 0 Å². The normalized spacial score (nSPS) is 11.2. The molecular weight excluding hydrogens is 492 g/mol. The summed E-state index contributed by atoms with van der Waals surface area (Å²) in [6.07, 6.45) is 3.95. The van der Waals surface area contributed by atoms with E-state index >= 15 is 0 Å². The Kier molecular flexibility index (Phi) is 32.7. The van der Waals surface area contributed by atoms with Crippen molar-refractivity contribution in [3.63, 3.8) is 0 Å². The Balaban J connectivity index is -0.000000250. The van der Waals surface area contributed by atoms with Crippen LogP contribution in [-0.4, -0.2) is 0 Å². The number of allylic oxidation sites excluding steroid dienone is 1. The highest BCUT2D eigenvalue weighted by Crippen LogP contribution is 2.31. The van der Waals surface area contributed by atoms with Crippen molar-refractivity contribution in [3.05, 3.63) is 127 Å². The molecule has 0 heteroatoms. The van der Waals surface area contributed by atoms with Gasteiger partial charge in [0, 0.05) is 0 Å². The molecule has 1 aliphatic carbocycles. The molecule has 0 radical (unpaired) electrons. The lowest BCUT2D eigenvalue weighted by Gasteiger charge is -2.13. The third-order valence-corrected chi connectivity index (χ3v) is 6.03. The number of benzene rings is 3. The van der Waals surface area contributed by atoms with Crippen molar-refractivity contribution < 1.29 is 0 Å². The van der Waals surface area contributed by atoms with Crippen LogP contribution in [0.4, 0.5) is 0 Å². The van der Waals surface area contributed by atoms with Gasteiger partial charge in [-0.15, -0.1) is 26.3 Å². The summed E-state index contributed by atoms with van der Waals surface area (Å²) in [5, 5.41) is 0. The van der Waals surface area contributed by atoms with Gasteiger partial charge in [0.15, 0.2) is 0 Å². The standard InChI is InChI=1S/C17H18.C12H16.4C2H6.2C2H4/c1-12(2)16-7-5-6-14(4)17(16)15-10-8-13(3)9-11-15;1-3-10-7-11-5-4-9(2)6-12(11)8-10;6*1-2/h5-11H,1H2,2-4H3;4-6,10H,3,7-8H2,1-2H3;4*1-2H3;2*1-2H2. The van der Waals surface area contributed by atoms with Crippen molar-refractivity contribution in [2.24, 2.45) is 5.92 Å². The SMILES string of the molecule is C=C.C=C.C=C(C)c1cccc(C)c1-c1ccc(C)cc1.CC.CC.CC.CC.CCC1Cc2ccc(C)cc2C1. The molecule has 0 aromatic heterocycles. The van der Waals surface area contributed by atoms with Gasteiger partial charge in [0.2, 0.25) is 0 Å². The van der Waals surface area contributed by atoms with Crippen LogP contribution >= 0.6 is 0 Å². The predicted octanol–water partition coefficient (Wildman–Crippen LogP) is 13.8. The lowest BCUT2D eigenvalue weighted by molar-refractivity contribution is 0.543. The lowest BCUT2D eigenvalue weighted by Crippen LogP contribution is -1.95. The molecule has 0 N–H and O–H groups in total. The van der Waals surface area contributed by atoms with E-state index in [1.54, 1.807) is 11.1 Å². The predicted molar refractivity (Wildman–Crippen MR) is 196 cm³/mol. The van der Waals surface area contributed by atoms with Gasteiger partial charge < -0.3 is 0 Å². The molecule has 0 aliphatic heterocycles. The first-order chi connectivity index (χ1) is 19.9. The topological polar surface area (TPSA) is 0 Å². The maximum atomic E-state index is 4.07. The third kappa shape index (κ3) is 16.7. The number of hydrogen-bond acceptors (Lipinski definition) is 0. The third-order valence-electron chi connectivity index (χ3n) is 6.03. The van der Waals surface area contributed by atoms with Crippen molar-refractivity contribution in [1.29, 1.82) is 0 Å². The second-order valence-corrected chi connectivity index (χ2v) is 8.60. The van der Waals surface area contributed by atoms with E-state index in [1.807, 2.05) is 55.4 Å². The summed E-state index contributed by atoms with van der Waals surface area (Å²) in [5.74, 6) is 0.918. The summed E-state index contributed by atoms with van der Waals surface area (Å²) in [6.45, 7) is 42.9. The van der Waals surface area contributed by atoms with E-state index in [4.69, 9.17) is 0 Å². The van der Waals surface area contributed by atoms with Gasteiger partial charge in [-0.3, -0.25) is 0 Å². The molecule has 0 nitrogen and oxygen atoms in total. The highest BCUT2D eigenvalue weighted by Gasteiger charge is 2.19. The van der Waals surface area contributed by atoms with Gasteiger partial charge in [-0.25, -0.2) is 0 Å². The van der Waals surface area contributed by atoms with Gasteiger partial charge in [-0.05, 0) is 79.8 Å². The van der Waals surface area contributed by atoms with Crippen molar-refractivity contribution in [1.82, 2.24) is 0 Å². The maximum absolute atomic E-state index is 4.07. The summed E-state index contributed by atoms with van der Waals surface area (Å²) in [5.41, 5.74) is 12.1. The molecule has 1 atom stereocenters. The summed E-state index contributed by atoms with van der Waals surface area (Å²) in [6, 6.07) is 22.0. The first-order valence-corrected chi connectivity index (χ1v) is 15.8. The smallest absolute Gasteiger partial charge is 0.00797 e. The largest absolute Gasteiger partial charge is 0.106 e. The van der Waals surface area contributed by atoms with E-state index in [1.165, 1.54) is 52.6 Å². The Morgan fingerprint density at radius 3 is 1.59 bits per heavy atom. The van der Waals surface area contributed by atoms with Crippen molar-refractivity contribution in [2.75, 3.05) is 0 Å². The van der Waals surface area contributed by atoms with Crippen LogP contribution < -0.4 is 0 Å². The molecule has 3 aromatic rings. The van der Waals surface area contributed by atoms with E-state index in [2.05, 4.69) is 128 Å². The molecule has 1 aliphatic rings. The van der Waals surface area contributed by atoms with Gasteiger partial charge in [0.25, 0.3) is 0 Å². The molecule has 1 unspecified atom stereocenters. The van der Waals surface area contributed by atoms with Gasteiger partial charge >= 0.3 is 0 Å². The highest BCUT2D eigenvalue weighted by molar-refractivity contribution is 5.82. The second-order valence-electron chi connectivity index (χ2n) is 8.60. The minimum atomic E-state index is 0.918. The fourth-order valence-electron chi connectivity index (χ4n) is 4.25. The Morgan fingerprint density at radius 2 is 1.12 bits per heavy atom. The van der Waals surface area contributed by atoms with E-state index < -0.39 is 0 Å². The zero-order chi connectivity index (χ0) is 33.0. The van der Waals surface area contributed by atoms with E-state index in [-0.39, 0.29) is 0 Å². The van der Waals surface area contributed by atoms with Gasteiger partial charge in [-0.1, -0.05) is 153 Å². The van der Waals surface area contributed by atoms with Crippen molar-refractivity contribution in [3.8, 4) is 11.1 Å². The molecule has 4 rings (SSSR count). The van der Waals surface area contributed by atoms with Crippen LogP contribution in [0.1, 0.15) is 109 Å². The first kappa shape index (κ1) is 44.9. The zero-order valence-electron chi connectivity index (χ0n) is 29.5. The van der Waals surface area contributed by atoms with Crippen LogP contribution in [0.15, 0.2) is 93.6 Å².